The maximum atomic E-state index is 12.1. The highest BCUT2D eigenvalue weighted by molar-refractivity contribution is 9.10. The minimum absolute atomic E-state index is 0.185. The Balaban J connectivity index is 1.78. The van der Waals surface area contributed by atoms with Gasteiger partial charge in [0.15, 0.2) is 5.96 Å². The molecule has 5 nitrogen and oxygen atoms in total. The molecule has 138 valence electrons. The normalized spacial score (nSPS) is 11.2. The molecule has 0 heterocycles. The summed E-state index contributed by atoms with van der Waals surface area (Å²) in [6.45, 7) is 1.77. The lowest BCUT2D eigenvalue weighted by Gasteiger charge is -2.22. The van der Waals surface area contributed by atoms with Crippen LogP contribution in [-0.4, -0.2) is 44.0 Å². The fourth-order valence-corrected chi connectivity index (χ4v) is 2.90. The second kappa shape index (κ2) is 10.2. The van der Waals surface area contributed by atoms with E-state index in [0.29, 0.717) is 23.7 Å². The van der Waals surface area contributed by atoms with E-state index in [-0.39, 0.29) is 5.91 Å². The number of amides is 1. The van der Waals surface area contributed by atoms with Crippen LogP contribution in [-0.2, 0) is 6.54 Å². The number of benzene rings is 2. The van der Waals surface area contributed by atoms with Gasteiger partial charge >= 0.3 is 0 Å². The SMILES string of the molecule is CN=C(NCCNC(=O)c1ccccc1Cl)N(C)Cc1ccc(Br)cc1. The summed E-state index contributed by atoms with van der Waals surface area (Å²) in [5.74, 6) is 0.579. The number of guanidine groups is 1. The number of halogens is 2. The lowest BCUT2D eigenvalue weighted by Crippen LogP contribution is -2.42. The fraction of sp³-hybridized carbons (Fsp3) is 0.263. The first-order valence-corrected chi connectivity index (χ1v) is 9.37. The first kappa shape index (κ1) is 20.3. The molecule has 2 aromatic rings. The van der Waals surface area contributed by atoms with E-state index >= 15 is 0 Å². The lowest BCUT2D eigenvalue weighted by molar-refractivity contribution is 0.0954. The Labute approximate surface area is 167 Å². The van der Waals surface area contributed by atoms with E-state index in [2.05, 4.69) is 43.7 Å². The third kappa shape index (κ3) is 6.04. The Kier molecular flexibility index (Phi) is 7.94. The van der Waals surface area contributed by atoms with Crippen molar-refractivity contribution in [3.8, 4) is 0 Å². The highest BCUT2D eigenvalue weighted by Gasteiger charge is 2.09. The van der Waals surface area contributed by atoms with Crippen molar-refractivity contribution in [2.24, 2.45) is 4.99 Å². The zero-order valence-corrected chi connectivity index (χ0v) is 17.1. The molecule has 0 radical (unpaired) electrons. The van der Waals surface area contributed by atoms with Crippen LogP contribution in [0.1, 0.15) is 15.9 Å². The Bertz CT molecular complexity index is 764. The van der Waals surface area contributed by atoms with Gasteiger partial charge in [0.1, 0.15) is 0 Å². The number of nitrogens with zero attached hydrogens (tertiary/aromatic N) is 2. The number of nitrogens with one attached hydrogen (secondary N) is 2. The lowest BCUT2D eigenvalue weighted by atomic mass is 10.2. The van der Waals surface area contributed by atoms with Gasteiger partial charge in [0, 0.05) is 38.2 Å². The van der Waals surface area contributed by atoms with Crippen LogP contribution >= 0.6 is 27.5 Å². The Morgan fingerprint density at radius 3 is 2.42 bits per heavy atom. The number of carbonyl (C=O) groups excluding carboxylic acids is 1. The third-order valence-electron chi connectivity index (χ3n) is 3.72. The van der Waals surface area contributed by atoms with Gasteiger partial charge in [-0.05, 0) is 29.8 Å². The van der Waals surface area contributed by atoms with E-state index in [1.807, 2.05) is 24.1 Å². The highest BCUT2D eigenvalue weighted by Crippen LogP contribution is 2.14. The first-order chi connectivity index (χ1) is 12.5. The quantitative estimate of drug-likeness (QED) is 0.413. The smallest absolute Gasteiger partial charge is 0.252 e. The van der Waals surface area contributed by atoms with E-state index < -0.39 is 0 Å². The van der Waals surface area contributed by atoms with Gasteiger partial charge in [-0.2, -0.15) is 0 Å². The summed E-state index contributed by atoms with van der Waals surface area (Å²) in [6.07, 6.45) is 0. The summed E-state index contributed by atoms with van der Waals surface area (Å²) < 4.78 is 1.06. The Morgan fingerprint density at radius 1 is 1.12 bits per heavy atom. The number of aliphatic imine (C=N–C) groups is 1. The van der Waals surface area contributed by atoms with Gasteiger partial charge in [-0.25, -0.2) is 0 Å². The van der Waals surface area contributed by atoms with Gasteiger partial charge in [0.2, 0.25) is 0 Å². The minimum Gasteiger partial charge on any atom is -0.354 e. The summed E-state index contributed by atoms with van der Waals surface area (Å²) in [5.41, 5.74) is 1.66. The molecule has 0 spiro atoms. The topological polar surface area (TPSA) is 56.7 Å². The molecule has 0 bridgehead atoms. The van der Waals surface area contributed by atoms with E-state index in [4.69, 9.17) is 11.6 Å². The summed E-state index contributed by atoms with van der Waals surface area (Å²) in [6, 6.07) is 15.2. The third-order valence-corrected chi connectivity index (χ3v) is 4.58. The molecule has 0 saturated heterocycles. The highest BCUT2D eigenvalue weighted by atomic mass is 79.9. The largest absolute Gasteiger partial charge is 0.354 e. The van der Waals surface area contributed by atoms with Crippen LogP contribution in [0.5, 0.6) is 0 Å². The molecule has 0 aliphatic carbocycles. The molecule has 0 fully saturated rings. The Hall–Kier alpha value is -2.05. The summed E-state index contributed by atoms with van der Waals surface area (Å²) in [7, 11) is 3.71. The zero-order chi connectivity index (χ0) is 18.9. The van der Waals surface area contributed by atoms with E-state index in [0.717, 1.165) is 17.0 Å². The van der Waals surface area contributed by atoms with Crippen molar-refractivity contribution < 1.29 is 4.79 Å². The van der Waals surface area contributed by atoms with Gasteiger partial charge in [-0.15, -0.1) is 0 Å². The van der Waals surface area contributed by atoms with Crippen LogP contribution in [0.4, 0.5) is 0 Å². The minimum atomic E-state index is -0.185. The molecule has 2 aromatic carbocycles. The average Bonchev–Trinajstić information content (AvgIpc) is 2.63. The second-order valence-corrected chi connectivity index (χ2v) is 7.02. The van der Waals surface area contributed by atoms with Crippen molar-refractivity contribution in [2.45, 2.75) is 6.54 Å². The van der Waals surface area contributed by atoms with Crippen LogP contribution in [0, 0.1) is 0 Å². The molecule has 0 saturated carbocycles. The number of rotatable bonds is 6. The zero-order valence-electron chi connectivity index (χ0n) is 14.8. The molecule has 0 atom stereocenters. The Morgan fingerprint density at radius 2 is 1.77 bits per heavy atom. The molecule has 0 aliphatic rings. The van der Waals surface area contributed by atoms with Crippen molar-refractivity contribution >= 4 is 39.4 Å². The standard InChI is InChI=1S/C19H22BrClN4O/c1-22-19(25(2)13-14-7-9-15(20)10-8-14)24-12-11-23-18(26)16-5-3-4-6-17(16)21/h3-10H,11-13H2,1-2H3,(H,22,24)(H,23,26). The molecule has 0 aromatic heterocycles. The average molecular weight is 438 g/mol. The van der Waals surface area contributed by atoms with Gasteiger partial charge in [-0.1, -0.05) is 51.8 Å². The predicted molar refractivity (Wildman–Crippen MR) is 111 cm³/mol. The molecule has 2 N–H and O–H groups in total. The maximum absolute atomic E-state index is 12.1. The number of carbonyl (C=O) groups is 1. The second-order valence-electron chi connectivity index (χ2n) is 5.69. The van der Waals surface area contributed by atoms with Gasteiger partial charge < -0.3 is 15.5 Å². The number of hydrogen-bond donors (Lipinski definition) is 2. The maximum Gasteiger partial charge on any atom is 0.252 e. The molecule has 1 amide bonds. The van der Waals surface area contributed by atoms with Crippen LogP contribution in [0.2, 0.25) is 5.02 Å². The summed E-state index contributed by atoms with van der Waals surface area (Å²) in [4.78, 5) is 18.4. The molecular formula is C19H22BrClN4O. The monoisotopic (exact) mass is 436 g/mol. The molecule has 0 unspecified atom stereocenters. The predicted octanol–water partition coefficient (Wildman–Crippen LogP) is 3.54. The van der Waals surface area contributed by atoms with Crippen molar-refractivity contribution in [1.29, 1.82) is 0 Å². The van der Waals surface area contributed by atoms with Crippen LogP contribution < -0.4 is 10.6 Å². The van der Waals surface area contributed by atoms with E-state index in [1.54, 1.807) is 31.3 Å². The van der Waals surface area contributed by atoms with Crippen molar-refractivity contribution in [1.82, 2.24) is 15.5 Å². The van der Waals surface area contributed by atoms with Crippen LogP contribution in [0.15, 0.2) is 58.0 Å². The first-order valence-electron chi connectivity index (χ1n) is 8.20. The van der Waals surface area contributed by atoms with Crippen LogP contribution in [0.3, 0.4) is 0 Å². The molecule has 0 aliphatic heterocycles. The van der Waals surface area contributed by atoms with Gasteiger partial charge in [-0.3, -0.25) is 9.79 Å². The molecule has 26 heavy (non-hydrogen) atoms. The van der Waals surface area contributed by atoms with Crippen molar-refractivity contribution in [3.63, 3.8) is 0 Å². The fourth-order valence-electron chi connectivity index (χ4n) is 2.41. The van der Waals surface area contributed by atoms with Crippen molar-refractivity contribution in [2.75, 3.05) is 27.2 Å². The van der Waals surface area contributed by atoms with Crippen LogP contribution in [0.25, 0.3) is 0 Å². The molecule has 7 heteroatoms. The summed E-state index contributed by atoms with van der Waals surface area (Å²) >= 11 is 9.46. The van der Waals surface area contributed by atoms with E-state index in [1.165, 1.54) is 5.56 Å². The van der Waals surface area contributed by atoms with Crippen molar-refractivity contribution in [3.05, 3.63) is 69.2 Å². The number of hydrogen-bond acceptors (Lipinski definition) is 2. The molecular weight excluding hydrogens is 416 g/mol. The van der Waals surface area contributed by atoms with Gasteiger partial charge in [0.05, 0.1) is 10.6 Å². The molecule has 2 rings (SSSR count). The van der Waals surface area contributed by atoms with Gasteiger partial charge in [0.25, 0.3) is 5.91 Å². The van der Waals surface area contributed by atoms with E-state index in [9.17, 15) is 4.79 Å². The summed E-state index contributed by atoms with van der Waals surface area (Å²) in [5, 5.41) is 6.54.